The van der Waals surface area contributed by atoms with Gasteiger partial charge in [-0.25, -0.2) is 0 Å². The van der Waals surface area contributed by atoms with Crippen LogP contribution in [0.25, 0.3) is 0 Å². The Morgan fingerprint density at radius 3 is 2.62 bits per heavy atom. The lowest BCUT2D eigenvalue weighted by Crippen LogP contribution is -2.56. The summed E-state index contributed by atoms with van der Waals surface area (Å²) < 4.78 is 23.4. The Hall–Kier alpha value is -1.97. The molecule has 0 spiro atoms. The van der Waals surface area contributed by atoms with E-state index in [1.165, 1.54) is 18.1 Å². The molecule has 2 amide bonds. The zero-order chi connectivity index (χ0) is 28.9. The van der Waals surface area contributed by atoms with Crippen molar-refractivity contribution in [3.05, 3.63) is 32.9 Å². The van der Waals surface area contributed by atoms with Crippen LogP contribution in [0.5, 0.6) is 11.5 Å². The largest absolute Gasteiger partial charge is 0.493 e. The molecule has 0 bridgehead atoms. The zero-order valence-corrected chi connectivity index (χ0v) is 25.2. The van der Waals surface area contributed by atoms with Gasteiger partial charge in [-0.3, -0.25) is 9.59 Å². The van der Waals surface area contributed by atoms with Crippen molar-refractivity contribution in [3.8, 4) is 11.5 Å². The number of aliphatic hydroxyl groups is 3. The van der Waals surface area contributed by atoms with Crippen molar-refractivity contribution >= 4 is 34.4 Å². The van der Waals surface area contributed by atoms with Crippen LogP contribution in [0.4, 0.5) is 0 Å². The number of carbonyl (C=O) groups excluding carboxylic acids is 2. The number of methoxy groups -OCH3 is 1. The number of benzene rings is 1. The van der Waals surface area contributed by atoms with E-state index < -0.39 is 24.2 Å². The molecular formula is C27H41IN2O9. The molecule has 0 radical (unpaired) electrons. The second kappa shape index (κ2) is 17.0. The fourth-order valence-electron chi connectivity index (χ4n) is 4.20. The van der Waals surface area contributed by atoms with Crippen molar-refractivity contribution in [1.82, 2.24) is 10.2 Å². The number of carbonyl (C=O) groups is 2. The van der Waals surface area contributed by atoms with Gasteiger partial charge in [0.15, 0.2) is 11.5 Å². The zero-order valence-electron chi connectivity index (χ0n) is 23.0. The second-order valence-electron chi connectivity index (χ2n) is 9.28. The second-order valence-corrected chi connectivity index (χ2v) is 10.4. The molecule has 0 saturated carbocycles. The van der Waals surface area contributed by atoms with E-state index in [-0.39, 0.29) is 51.3 Å². The van der Waals surface area contributed by atoms with Crippen LogP contribution in [-0.4, -0.2) is 103 Å². The molecule has 0 heterocycles. The molecule has 0 fully saturated rings. The van der Waals surface area contributed by atoms with Crippen molar-refractivity contribution in [2.75, 3.05) is 46.6 Å². The molecule has 1 aliphatic rings. The third-order valence-electron chi connectivity index (χ3n) is 6.08. The van der Waals surface area contributed by atoms with Crippen LogP contribution in [0.15, 0.2) is 23.8 Å². The third kappa shape index (κ3) is 9.87. The first-order valence-corrected chi connectivity index (χ1v) is 14.1. The summed E-state index contributed by atoms with van der Waals surface area (Å²) in [5.41, 5.74) is 0.943. The lowest BCUT2D eigenvalue weighted by atomic mass is 9.88. The summed E-state index contributed by atoms with van der Waals surface area (Å²) in [5.74, 6) is -0.0492. The molecule has 39 heavy (non-hydrogen) atoms. The first-order valence-electron chi connectivity index (χ1n) is 13.1. The van der Waals surface area contributed by atoms with E-state index in [9.17, 15) is 24.9 Å². The van der Waals surface area contributed by atoms with Gasteiger partial charge in [0.1, 0.15) is 18.8 Å². The van der Waals surface area contributed by atoms with Crippen molar-refractivity contribution in [2.45, 2.75) is 64.6 Å². The summed E-state index contributed by atoms with van der Waals surface area (Å²) in [7, 11) is 1.47. The van der Waals surface area contributed by atoms with E-state index in [0.29, 0.717) is 45.8 Å². The van der Waals surface area contributed by atoms with Crippen LogP contribution >= 0.6 is 22.6 Å². The molecule has 11 nitrogen and oxygen atoms in total. The molecule has 3 unspecified atom stereocenters. The highest BCUT2D eigenvalue weighted by Crippen LogP contribution is 2.37. The summed E-state index contributed by atoms with van der Waals surface area (Å²) in [4.78, 5) is 27.7. The maximum Gasteiger partial charge on any atom is 0.248 e. The van der Waals surface area contributed by atoms with Crippen molar-refractivity contribution in [2.24, 2.45) is 0 Å². The maximum absolute atomic E-state index is 13.2. The molecule has 12 heteroatoms. The fourth-order valence-corrected chi connectivity index (χ4v) is 4.99. The van der Waals surface area contributed by atoms with Crippen LogP contribution in [0.1, 0.15) is 39.2 Å². The monoisotopic (exact) mass is 664 g/mol. The van der Waals surface area contributed by atoms with E-state index in [4.69, 9.17) is 18.9 Å². The van der Waals surface area contributed by atoms with Crippen LogP contribution in [-0.2, 0) is 25.7 Å². The molecule has 1 aliphatic carbocycles. The maximum atomic E-state index is 13.2. The molecule has 1 aromatic carbocycles. The van der Waals surface area contributed by atoms with Gasteiger partial charge in [-0.05, 0) is 73.6 Å². The predicted molar refractivity (Wildman–Crippen MR) is 153 cm³/mol. The minimum atomic E-state index is -1.19. The van der Waals surface area contributed by atoms with Gasteiger partial charge in [-0.2, -0.15) is 0 Å². The number of nitrogens with one attached hydrogen (secondary N) is 1. The highest BCUT2D eigenvalue weighted by atomic mass is 127. The summed E-state index contributed by atoms with van der Waals surface area (Å²) in [6.07, 6.45) is -0.0103. The minimum Gasteiger partial charge on any atom is -0.493 e. The van der Waals surface area contributed by atoms with Crippen LogP contribution in [0, 0.1) is 3.57 Å². The first-order chi connectivity index (χ1) is 18.7. The number of halogens is 1. The van der Waals surface area contributed by atoms with E-state index >= 15 is 0 Å². The molecule has 1 aromatic rings. The Morgan fingerprint density at radius 2 is 2.00 bits per heavy atom. The average Bonchev–Trinajstić information content (AvgIpc) is 2.92. The topological polar surface area (TPSA) is 147 Å². The molecule has 4 N–H and O–H groups in total. The van der Waals surface area contributed by atoms with Gasteiger partial charge < -0.3 is 44.5 Å². The highest BCUT2D eigenvalue weighted by molar-refractivity contribution is 14.1. The first kappa shape index (κ1) is 33.2. The lowest BCUT2D eigenvalue weighted by molar-refractivity contribution is -0.143. The molecule has 3 atom stereocenters. The van der Waals surface area contributed by atoms with Gasteiger partial charge in [-0.1, -0.05) is 0 Å². The van der Waals surface area contributed by atoms with Crippen LogP contribution in [0.2, 0.25) is 0 Å². The Balaban J connectivity index is 2.44. The number of ether oxygens (including phenoxy) is 4. The molecule has 220 valence electrons. The summed E-state index contributed by atoms with van der Waals surface area (Å²) in [6.45, 7) is 6.17. The number of rotatable bonds is 16. The van der Waals surface area contributed by atoms with Gasteiger partial charge in [0.2, 0.25) is 11.8 Å². The van der Waals surface area contributed by atoms with E-state index in [1.54, 1.807) is 19.1 Å². The van der Waals surface area contributed by atoms with E-state index in [2.05, 4.69) is 27.9 Å². The molecule has 0 aromatic heterocycles. The Kier molecular flexibility index (Phi) is 14.5. The van der Waals surface area contributed by atoms with Crippen LogP contribution < -0.4 is 14.8 Å². The Labute approximate surface area is 243 Å². The number of hydrogen-bond donors (Lipinski definition) is 4. The smallest absolute Gasteiger partial charge is 0.248 e. The normalized spacial score (nSPS) is 19.0. The SMILES string of the molecule is CCOCC(=O)N(CCCOC(C)C)C1CC(C(=O)NCCO)=CC(Oc2c(I)cc(CO)cc2OC)C1O. The molecular weight excluding hydrogens is 623 g/mol. The Morgan fingerprint density at radius 1 is 1.26 bits per heavy atom. The standard InChI is InChI=1S/C27H41IN2O9/c1-5-37-16-24(33)30(8-6-10-38-17(2)3)21-13-19(27(35)29-7-9-31)14-22(25(21)34)39-26-20(28)11-18(15-32)12-23(26)36-4/h11-12,14,17,21-22,25,31-32,34H,5-10,13,15-16H2,1-4H3,(H,29,35). The van der Waals surface area contributed by atoms with Gasteiger partial charge >= 0.3 is 0 Å². The molecule has 0 aliphatic heterocycles. The average molecular weight is 665 g/mol. The quantitative estimate of drug-likeness (QED) is 0.152. The summed E-state index contributed by atoms with van der Waals surface area (Å²) >= 11 is 2.05. The van der Waals surface area contributed by atoms with E-state index in [1.807, 2.05) is 13.8 Å². The van der Waals surface area contributed by atoms with Gasteiger partial charge in [0, 0.05) is 38.3 Å². The molecule has 2 rings (SSSR count). The fraction of sp³-hybridized carbons (Fsp3) is 0.630. The number of amides is 2. The van der Waals surface area contributed by atoms with Crippen LogP contribution in [0.3, 0.4) is 0 Å². The van der Waals surface area contributed by atoms with E-state index in [0.717, 1.165) is 0 Å². The van der Waals surface area contributed by atoms with Gasteiger partial charge in [0.05, 0.1) is 36.0 Å². The summed E-state index contributed by atoms with van der Waals surface area (Å²) in [6, 6.07) is 2.58. The molecule has 0 saturated heterocycles. The third-order valence-corrected chi connectivity index (χ3v) is 6.89. The lowest BCUT2D eigenvalue weighted by Gasteiger charge is -2.40. The van der Waals surface area contributed by atoms with Crippen molar-refractivity contribution in [1.29, 1.82) is 0 Å². The number of nitrogens with zero attached hydrogens (tertiary/aromatic N) is 1. The highest BCUT2D eigenvalue weighted by Gasteiger charge is 2.40. The van der Waals surface area contributed by atoms with Gasteiger partial charge in [0.25, 0.3) is 0 Å². The summed E-state index contributed by atoms with van der Waals surface area (Å²) in [5, 5.41) is 32.9. The van der Waals surface area contributed by atoms with Gasteiger partial charge in [-0.15, -0.1) is 0 Å². The predicted octanol–water partition coefficient (Wildman–Crippen LogP) is 1.39. The van der Waals surface area contributed by atoms with Crippen molar-refractivity contribution < 1.29 is 43.9 Å². The van der Waals surface area contributed by atoms with Crippen molar-refractivity contribution in [3.63, 3.8) is 0 Å². The Bertz CT molecular complexity index is 973. The minimum absolute atomic E-state index is 0.0371. The number of aliphatic hydroxyl groups excluding tert-OH is 3. The number of hydrogen-bond acceptors (Lipinski definition) is 9.